The maximum Gasteiger partial charge on any atom is 0.200 e. The van der Waals surface area contributed by atoms with Crippen LogP contribution in [-0.4, -0.2) is 46.5 Å². The highest BCUT2D eigenvalue weighted by atomic mass is 19.2. The maximum absolute atomic E-state index is 14.0. The zero-order chi connectivity index (χ0) is 24.9. The molecule has 6 nitrogen and oxygen atoms in total. The molecule has 0 spiro atoms. The molecule has 1 aromatic heterocycles. The molecule has 2 atom stereocenters. The number of phenolic OH excluding ortho intramolecular Hbond substituents is 2. The van der Waals surface area contributed by atoms with Crippen molar-refractivity contribution in [3.8, 4) is 11.5 Å². The third-order valence-corrected chi connectivity index (χ3v) is 5.83. The Balaban J connectivity index is 1.88. The molecule has 1 saturated heterocycles. The van der Waals surface area contributed by atoms with Crippen LogP contribution < -0.4 is 5.43 Å². The summed E-state index contributed by atoms with van der Waals surface area (Å²) in [6.45, 7) is 0.810. The minimum absolute atomic E-state index is 0.0528. The zero-order valence-electron chi connectivity index (χ0n) is 17.6. The highest BCUT2D eigenvalue weighted by molar-refractivity contribution is 5.89. The number of β-amino-alcohol motifs (C(OH)–C–C–N with tert-alkyl or cyclic N) is 1. The summed E-state index contributed by atoms with van der Waals surface area (Å²) in [6, 6.07) is 1.79. The monoisotopic (exact) mass is 483 g/mol. The van der Waals surface area contributed by atoms with E-state index in [0.717, 1.165) is 18.2 Å². The molecule has 1 fully saturated rings. The fourth-order valence-electron chi connectivity index (χ4n) is 4.14. The quantitative estimate of drug-likeness (QED) is 0.298. The molecule has 1 aliphatic heterocycles. The molecule has 0 bridgehead atoms. The van der Waals surface area contributed by atoms with E-state index in [1.165, 1.54) is 0 Å². The first kappa shape index (κ1) is 23.7. The van der Waals surface area contributed by atoms with Gasteiger partial charge in [0.05, 0.1) is 11.7 Å². The molecule has 2 heterocycles. The number of nitrogens with zero attached hydrogens (tertiary/aromatic N) is 1. The van der Waals surface area contributed by atoms with Crippen molar-refractivity contribution in [1.29, 1.82) is 0 Å². The second-order valence-electron chi connectivity index (χ2n) is 8.09. The van der Waals surface area contributed by atoms with Gasteiger partial charge < -0.3 is 24.6 Å². The number of aliphatic hydroxyl groups is 1. The van der Waals surface area contributed by atoms with Gasteiger partial charge in [-0.1, -0.05) is 0 Å². The van der Waals surface area contributed by atoms with Crippen molar-refractivity contribution in [2.75, 3.05) is 20.1 Å². The van der Waals surface area contributed by atoms with Crippen molar-refractivity contribution in [2.45, 2.75) is 18.4 Å². The number of halogens is 5. The maximum atomic E-state index is 14.0. The highest BCUT2D eigenvalue weighted by Crippen LogP contribution is 2.42. The number of hydrogen-bond acceptors (Lipinski definition) is 6. The summed E-state index contributed by atoms with van der Waals surface area (Å²) < 4.78 is 73.7. The standard InChI is InChI=1S/C23H18F5NO5/c1-29-5-4-10(15(33)8-29)16-13(31)7-14(32)17-12(30)6-9(34-23(16)17)2-3-11-18(24)20(26)22(28)21(27)19(11)25/h2-3,6-7,10,15,31-33H,4-5,8H2,1H3. The third-order valence-electron chi connectivity index (χ3n) is 5.83. The van der Waals surface area contributed by atoms with Crippen molar-refractivity contribution in [1.82, 2.24) is 4.90 Å². The van der Waals surface area contributed by atoms with Gasteiger partial charge >= 0.3 is 0 Å². The summed E-state index contributed by atoms with van der Waals surface area (Å²) in [6.07, 6.45) is 0.789. The summed E-state index contributed by atoms with van der Waals surface area (Å²) in [7, 11) is 1.79. The van der Waals surface area contributed by atoms with Crippen molar-refractivity contribution in [3.63, 3.8) is 0 Å². The molecular formula is C23H18F5NO5. The molecule has 0 aliphatic carbocycles. The van der Waals surface area contributed by atoms with Crippen LogP contribution in [0.25, 0.3) is 23.1 Å². The Morgan fingerprint density at radius 2 is 1.59 bits per heavy atom. The predicted octanol–water partition coefficient (Wildman–Crippen LogP) is 3.85. The van der Waals surface area contributed by atoms with Crippen LogP contribution in [0.15, 0.2) is 21.3 Å². The third kappa shape index (κ3) is 3.90. The summed E-state index contributed by atoms with van der Waals surface area (Å²) >= 11 is 0. The van der Waals surface area contributed by atoms with Crippen molar-refractivity contribution in [2.24, 2.45) is 0 Å². The van der Waals surface area contributed by atoms with Crippen LogP contribution in [0.5, 0.6) is 11.5 Å². The average molecular weight is 483 g/mol. The number of benzene rings is 2. The van der Waals surface area contributed by atoms with E-state index >= 15 is 0 Å². The molecule has 1 aliphatic rings. The molecule has 3 aromatic rings. The van der Waals surface area contributed by atoms with Gasteiger partial charge in [-0.05, 0) is 32.2 Å². The van der Waals surface area contributed by atoms with Gasteiger partial charge in [-0.25, -0.2) is 22.0 Å². The lowest BCUT2D eigenvalue weighted by Crippen LogP contribution is -2.40. The molecule has 34 heavy (non-hydrogen) atoms. The SMILES string of the molecule is CN1CCC(c2c(O)cc(O)c3c(=O)cc(C=Cc4c(F)c(F)c(F)c(F)c4F)oc23)C(O)C1. The molecule has 3 N–H and O–H groups in total. The normalized spacial score (nSPS) is 19.4. The Morgan fingerprint density at radius 3 is 2.21 bits per heavy atom. The number of aliphatic hydroxyl groups excluding tert-OH is 1. The largest absolute Gasteiger partial charge is 0.507 e. The summed E-state index contributed by atoms with van der Waals surface area (Å²) in [5.41, 5.74) is -2.25. The number of piperidine rings is 1. The number of aromatic hydroxyl groups is 2. The van der Waals surface area contributed by atoms with Gasteiger partial charge in [0.25, 0.3) is 0 Å². The first-order valence-electron chi connectivity index (χ1n) is 10.1. The highest BCUT2D eigenvalue weighted by Gasteiger charge is 2.33. The van der Waals surface area contributed by atoms with Gasteiger partial charge in [0, 0.05) is 30.2 Å². The predicted molar refractivity (Wildman–Crippen MR) is 112 cm³/mol. The number of likely N-dealkylation sites (N-methyl/N-ethyl adjacent to an activating group) is 1. The summed E-state index contributed by atoms with van der Waals surface area (Å²) in [5, 5.41) is 30.9. The van der Waals surface area contributed by atoms with Crippen LogP contribution >= 0.6 is 0 Å². The van der Waals surface area contributed by atoms with Crippen LogP contribution in [0.3, 0.4) is 0 Å². The first-order valence-corrected chi connectivity index (χ1v) is 10.1. The van der Waals surface area contributed by atoms with Gasteiger partial charge in [0.15, 0.2) is 28.7 Å². The molecule has 2 unspecified atom stereocenters. The van der Waals surface area contributed by atoms with E-state index in [9.17, 15) is 42.1 Å². The van der Waals surface area contributed by atoms with Crippen molar-refractivity contribution < 1.29 is 41.7 Å². The Bertz CT molecular complexity index is 1360. The fraction of sp³-hybridized carbons (Fsp3) is 0.261. The van der Waals surface area contributed by atoms with Gasteiger partial charge in [-0.2, -0.15) is 0 Å². The van der Waals surface area contributed by atoms with E-state index in [2.05, 4.69) is 0 Å². The molecule has 11 heteroatoms. The average Bonchev–Trinajstić information content (AvgIpc) is 2.77. The van der Waals surface area contributed by atoms with Gasteiger partial charge in [-0.15, -0.1) is 0 Å². The lowest BCUT2D eigenvalue weighted by atomic mass is 9.85. The van der Waals surface area contributed by atoms with Crippen LogP contribution in [0, 0.1) is 29.1 Å². The smallest absolute Gasteiger partial charge is 0.200 e. The van der Waals surface area contributed by atoms with Gasteiger partial charge in [-0.3, -0.25) is 4.79 Å². The molecule has 2 aromatic carbocycles. The molecular weight excluding hydrogens is 465 g/mol. The first-order chi connectivity index (χ1) is 16.0. The van der Waals surface area contributed by atoms with Crippen LogP contribution in [0.2, 0.25) is 0 Å². The molecule has 0 amide bonds. The zero-order valence-corrected chi connectivity index (χ0v) is 17.6. The molecule has 0 saturated carbocycles. The van der Waals surface area contributed by atoms with Crippen molar-refractivity contribution in [3.05, 3.63) is 68.3 Å². The fourth-order valence-corrected chi connectivity index (χ4v) is 4.14. The van der Waals surface area contributed by atoms with Crippen LogP contribution in [0.1, 0.15) is 29.2 Å². The van der Waals surface area contributed by atoms with E-state index in [1.54, 1.807) is 7.05 Å². The number of fused-ring (bicyclic) bond motifs is 1. The van der Waals surface area contributed by atoms with Gasteiger partial charge in [0.2, 0.25) is 5.82 Å². The lowest BCUT2D eigenvalue weighted by Gasteiger charge is -2.34. The van der Waals surface area contributed by atoms with Crippen LogP contribution in [-0.2, 0) is 0 Å². The van der Waals surface area contributed by atoms with Crippen molar-refractivity contribution >= 4 is 23.1 Å². The molecule has 4 rings (SSSR count). The van der Waals surface area contributed by atoms with E-state index in [-0.39, 0.29) is 28.8 Å². The van der Waals surface area contributed by atoms with E-state index < -0.39 is 63.6 Å². The number of hydrogen-bond donors (Lipinski definition) is 3. The van der Waals surface area contributed by atoms with Gasteiger partial charge in [0.1, 0.15) is 28.2 Å². The summed E-state index contributed by atoms with van der Waals surface area (Å²) in [4.78, 5) is 14.5. The lowest BCUT2D eigenvalue weighted by molar-refractivity contribution is 0.0630. The second-order valence-corrected chi connectivity index (χ2v) is 8.09. The Hall–Kier alpha value is -3.44. The number of phenols is 2. The number of rotatable bonds is 3. The summed E-state index contributed by atoms with van der Waals surface area (Å²) in [5.74, 6) is -12.8. The Kier molecular flexibility index (Phi) is 6.09. The molecule has 0 radical (unpaired) electrons. The Labute approximate surface area is 188 Å². The van der Waals surface area contributed by atoms with E-state index in [0.29, 0.717) is 19.0 Å². The molecule has 180 valence electrons. The minimum atomic E-state index is -2.31. The topological polar surface area (TPSA) is 94.1 Å². The Morgan fingerprint density at radius 1 is 0.971 bits per heavy atom. The second kappa shape index (κ2) is 8.73. The number of likely N-dealkylation sites (tertiary alicyclic amines) is 1. The van der Waals surface area contributed by atoms with Crippen LogP contribution in [0.4, 0.5) is 22.0 Å². The minimum Gasteiger partial charge on any atom is -0.507 e. The van der Waals surface area contributed by atoms with E-state index in [1.807, 2.05) is 4.90 Å². The van der Waals surface area contributed by atoms with E-state index in [4.69, 9.17) is 4.42 Å².